The molecule has 0 atom stereocenters. The van der Waals surface area contributed by atoms with Crippen LogP contribution in [0, 0.1) is 5.82 Å². The monoisotopic (exact) mass is 244 g/mol. The first-order chi connectivity index (χ1) is 7.75. The molecule has 0 aliphatic rings. The summed E-state index contributed by atoms with van der Waals surface area (Å²) < 4.78 is 13.3. The topological polar surface area (TPSA) is 24.1 Å². The highest BCUT2D eigenvalue weighted by Crippen LogP contribution is 2.18. The second-order valence-corrected chi connectivity index (χ2v) is 4.03. The van der Waals surface area contributed by atoms with Gasteiger partial charge >= 0.3 is 0 Å². The zero-order chi connectivity index (χ0) is 11.8. The number of rotatable bonds is 7. The van der Waals surface area contributed by atoms with Crippen molar-refractivity contribution < 1.29 is 4.39 Å². The van der Waals surface area contributed by atoms with Crippen LogP contribution in [0.3, 0.4) is 0 Å². The van der Waals surface area contributed by atoms with Gasteiger partial charge in [-0.25, -0.2) is 4.39 Å². The zero-order valence-corrected chi connectivity index (χ0v) is 10.3. The van der Waals surface area contributed by atoms with Gasteiger partial charge in [0.05, 0.1) is 0 Å². The molecule has 2 nitrogen and oxygen atoms in total. The van der Waals surface area contributed by atoms with Crippen LogP contribution in [0.4, 0.5) is 4.39 Å². The van der Waals surface area contributed by atoms with Crippen LogP contribution in [-0.4, -0.2) is 19.6 Å². The molecular weight excluding hydrogens is 227 g/mol. The van der Waals surface area contributed by atoms with Gasteiger partial charge in [-0.2, -0.15) is 0 Å². The summed E-state index contributed by atoms with van der Waals surface area (Å²) in [7, 11) is 0. The second-order valence-electron chi connectivity index (χ2n) is 3.63. The molecule has 0 heterocycles. The molecule has 1 aromatic rings. The lowest BCUT2D eigenvalue weighted by Crippen LogP contribution is -2.27. The number of hydrogen-bond acceptors (Lipinski definition) is 2. The predicted molar refractivity (Wildman–Crippen MR) is 66.3 cm³/mol. The maximum Gasteiger partial charge on any atom is 0.129 e. The van der Waals surface area contributed by atoms with Gasteiger partial charge in [0.25, 0.3) is 0 Å². The fourth-order valence-corrected chi connectivity index (χ4v) is 1.62. The first-order valence-corrected chi connectivity index (χ1v) is 5.97. The van der Waals surface area contributed by atoms with E-state index in [1.54, 1.807) is 12.1 Å². The molecule has 90 valence electrons. The van der Waals surface area contributed by atoms with Crippen molar-refractivity contribution in [2.75, 3.05) is 19.6 Å². The minimum atomic E-state index is -0.249. The fraction of sp³-hybridized carbons (Fsp3) is 0.500. The van der Waals surface area contributed by atoms with E-state index in [1.165, 1.54) is 6.07 Å². The van der Waals surface area contributed by atoms with Crippen molar-refractivity contribution >= 4 is 11.6 Å². The smallest absolute Gasteiger partial charge is 0.129 e. The molecule has 0 unspecified atom stereocenters. The Kier molecular flexibility index (Phi) is 6.38. The van der Waals surface area contributed by atoms with Gasteiger partial charge in [0.2, 0.25) is 0 Å². The molecule has 0 aliphatic heterocycles. The Morgan fingerprint density at radius 3 is 2.62 bits per heavy atom. The van der Waals surface area contributed by atoms with Crippen molar-refractivity contribution in [3.8, 4) is 0 Å². The molecule has 0 saturated carbocycles. The van der Waals surface area contributed by atoms with E-state index in [-0.39, 0.29) is 5.82 Å². The summed E-state index contributed by atoms with van der Waals surface area (Å²) in [6, 6.07) is 4.75. The van der Waals surface area contributed by atoms with Crippen molar-refractivity contribution in [1.82, 2.24) is 10.6 Å². The van der Waals surface area contributed by atoms with Gasteiger partial charge in [-0.15, -0.1) is 0 Å². The van der Waals surface area contributed by atoms with Gasteiger partial charge in [-0.1, -0.05) is 24.6 Å². The summed E-state index contributed by atoms with van der Waals surface area (Å²) >= 11 is 5.90. The van der Waals surface area contributed by atoms with Gasteiger partial charge in [-0.05, 0) is 25.1 Å². The van der Waals surface area contributed by atoms with Crippen LogP contribution in [0.25, 0.3) is 0 Å². The molecule has 0 aromatic heterocycles. The van der Waals surface area contributed by atoms with Crippen molar-refractivity contribution in [2.24, 2.45) is 0 Å². The molecule has 4 heteroatoms. The lowest BCUT2D eigenvalue weighted by molar-refractivity contribution is 0.572. The second kappa shape index (κ2) is 7.60. The van der Waals surface area contributed by atoms with Crippen LogP contribution in [-0.2, 0) is 6.54 Å². The minimum Gasteiger partial charge on any atom is -0.315 e. The third-order valence-electron chi connectivity index (χ3n) is 2.27. The van der Waals surface area contributed by atoms with E-state index in [9.17, 15) is 4.39 Å². The molecule has 1 aromatic carbocycles. The van der Waals surface area contributed by atoms with Crippen LogP contribution in [0.5, 0.6) is 0 Å². The quantitative estimate of drug-likeness (QED) is 0.721. The molecule has 0 aliphatic carbocycles. The Balaban J connectivity index is 2.26. The van der Waals surface area contributed by atoms with E-state index < -0.39 is 0 Å². The molecule has 1 rings (SSSR count). The highest BCUT2D eigenvalue weighted by Gasteiger charge is 2.05. The molecular formula is C12H18ClFN2. The predicted octanol–water partition coefficient (Wildman–Crippen LogP) is 2.57. The maximum absolute atomic E-state index is 13.3. The largest absolute Gasteiger partial charge is 0.315 e. The highest BCUT2D eigenvalue weighted by atomic mass is 35.5. The lowest BCUT2D eigenvalue weighted by atomic mass is 10.2. The van der Waals surface area contributed by atoms with E-state index in [1.807, 2.05) is 0 Å². The van der Waals surface area contributed by atoms with Crippen LogP contribution in [0.1, 0.15) is 18.9 Å². The molecule has 0 radical (unpaired) electrons. The Morgan fingerprint density at radius 2 is 1.94 bits per heavy atom. The standard InChI is InChI=1S/C12H18ClFN2/c1-2-6-15-7-8-16-9-10-11(13)4-3-5-12(10)14/h3-5,15-16H,2,6-9H2,1H3. The van der Waals surface area contributed by atoms with E-state index in [0.717, 1.165) is 26.1 Å². The van der Waals surface area contributed by atoms with E-state index in [4.69, 9.17) is 11.6 Å². The maximum atomic E-state index is 13.3. The summed E-state index contributed by atoms with van der Waals surface area (Å²) in [5, 5.41) is 6.90. The normalized spacial score (nSPS) is 10.7. The number of hydrogen-bond donors (Lipinski definition) is 2. The third-order valence-corrected chi connectivity index (χ3v) is 2.62. The van der Waals surface area contributed by atoms with Gasteiger partial charge in [0.1, 0.15) is 5.82 Å². The first-order valence-electron chi connectivity index (χ1n) is 5.60. The third kappa shape index (κ3) is 4.47. The van der Waals surface area contributed by atoms with Crippen molar-refractivity contribution in [3.05, 3.63) is 34.6 Å². The SMILES string of the molecule is CCCNCCNCc1c(F)cccc1Cl. The summed E-state index contributed by atoms with van der Waals surface area (Å²) in [5.41, 5.74) is 0.541. The lowest BCUT2D eigenvalue weighted by Gasteiger charge is -2.08. The summed E-state index contributed by atoms with van der Waals surface area (Å²) in [6.07, 6.45) is 1.12. The van der Waals surface area contributed by atoms with Crippen LogP contribution >= 0.6 is 11.6 Å². The molecule has 16 heavy (non-hydrogen) atoms. The van der Waals surface area contributed by atoms with Crippen molar-refractivity contribution in [1.29, 1.82) is 0 Å². The zero-order valence-electron chi connectivity index (χ0n) is 9.52. The van der Waals surface area contributed by atoms with Crippen molar-refractivity contribution in [2.45, 2.75) is 19.9 Å². The molecule has 0 saturated heterocycles. The Hall–Kier alpha value is -0.640. The summed E-state index contributed by atoms with van der Waals surface area (Å²) in [6.45, 7) is 5.31. The summed E-state index contributed by atoms with van der Waals surface area (Å²) in [4.78, 5) is 0. The van der Waals surface area contributed by atoms with E-state index >= 15 is 0 Å². The fourth-order valence-electron chi connectivity index (χ4n) is 1.39. The van der Waals surface area contributed by atoms with Crippen LogP contribution < -0.4 is 10.6 Å². The van der Waals surface area contributed by atoms with E-state index in [2.05, 4.69) is 17.6 Å². The highest BCUT2D eigenvalue weighted by molar-refractivity contribution is 6.31. The number of nitrogens with one attached hydrogen (secondary N) is 2. The molecule has 0 amide bonds. The molecule has 0 bridgehead atoms. The Morgan fingerprint density at radius 1 is 1.19 bits per heavy atom. The first kappa shape index (κ1) is 13.4. The number of halogens is 2. The average molecular weight is 245 g/mol. The molecule has 0 spiro atoms. The van der Waals surface area contributed by atoms with Gasteiger partial charge in [0.15, 0.2) is 0 Å². The number of benzene rings is 1. The minimum absolute atomic E-state index is 0.249. The van der Waals surface area contributed by atoms with E-state index in [0.29, 0.717) is 17.1 Å². The Bertz CT molecular complexity index is 298. The van der Waals surface area contributed by atoms with Gasteiger partial charge < -0.3 is 10.6 Å². The average Bonchev–Trinajstić information content (AvgIpc) is 2.26. The molecule has 0 fully saturated rings. The van der Waals surface area contributed by atoms with Crippen LogP contribution in [0.15, 0.2) is 18.2 Å². The molecule has 2 N–H and O–H groups in total. The van der Waals surface area contributed by atoms with Gasteiger partial charge in [0, 0.05) is 30.2 Å². The van der Waals surface area contributed by atoms with Gasteiger partial charge in [-0.3, -0.25) is 0 Å². The van der Waals surface area contributed by atoms with Crippen LogP contribution in [0.2, 0.25) is 5.02 Å². The Labute approximate surface area is 101 Å². The van der Waals surface area contributed by atoms with Crippen molar-refractivity contribution in [3.63, 3.8) is 0 Å². The summed E-state index contributed by atoms with van der Waals surface area (Å²) in [5.74, 6) is -0.249.